The number of ketones is 1. The highest BCUT2D eigenvalue weighted by atomic mass is 16.5. The molecule has 0 spiro atoms. The summed E-state index contributed by atoms with van der Waals surface area (Å²) >= 11 is 0. The van der Waals surface area contributed by atoms with Crippen molar-refractivity contribution in [3.8, 4) is 17.2 Å². The van der Waals surface area contributed by atoms with Crippen molar-refractivity contribution in [2.24, 2.45) is 0 Å². The van der Waals surface area contributed by atoms with Crippen molar-refractivity contribution in [2.75, 3.05) is 31.5 Å². The number of para-hydroxylation sites is 2. The highest BCUT2D eigenvalue weighted by Crippen LogP contribution is 2.45. The SMILES string of the molecule is CCOc1ccc(C2Nc3ccccc3NC3=C2C(=O)CC(c2ccc(OC)cc2)C3)cc1OC. The van der Waals surface area contributed by atoms with E-state index in [2.05, 4.69) is 22.8 Å². The van der Waals surface area contributed by atoms with Crippen molar-refractivity contribution in [2.45, 2.75) is 31.7 Å². The van der Waals surface area contributed by atoms with Gasteiger partial charge in [-0.3, -0.25) is 4.79 Å². The lowest BCUT2D eigenvalue weighted by Gasteiger charge is -2.30. The van der Waals surface area contributed by atoms with Gasteiger partial charge in [-0.25, -0.2) is 0 Å². The van der Waals surface area contributed by atoms with Crippen LogP contribution in [0.15, 0.2) is 78.0 Å². The van der Waals surface area contributed by atoms with E-state index in [1.165, 1.54) is 0 Å². The van der Waals surface area contributed by atoms with Gasteiger partial charge in [0, 0.05) is 17.7 Å². The number of anilines is 2. The molecule has 180 valence electrons. The molecule has 0 fully saturated rings. The molecule has 2 atom stereocenters. The van der Waals surface area contributed by atoms with E-state index in [1.807, 2.05) is 61.5 Å². The average molecular weight is 471 g/mol. The molecule has 3 aromatic rings. The van der Waals surface area contributed by atoms with Crippen LogP contribution in [0.25, 0.3) is 0 Å². The number of carbonyl (C=O) groups excluding carboxylic acids is 1. The molecule has 0 radical (unpaired) electrons. The number of methoxy groups -OCH3 is 2. The lowest BCUT2D eigenvalue weighted by atomic mass is 9.78. The second-order valence-electron chi connectivity index (χ2n) is 8.78. The van der Waals surface area contributed by atoms with Gasteiger partial charge in [0.15, 0.2) is 17.3 Å². The molecular weight excluding hydrogens is 440 g/mol. The summed E-state index contributed by atoms with van der Waals surface area (Å²) in [5, 5.41) is 7.21. The van der Waals surface area contributed by atoms with Crippen molar-refractivity contribution in [3.05, 3.63) is 89.1 Å². The van der Waals surface area contributed by atoms with Crippen LogP contribution in [0.5, 0.6) is 17.2 Å². The van der Waals surface area contributed by atoms with Crippen LogP contribution in [0.4, 0.5) is 11.4 Å². The second kappa shape index (κ2) is 9.74. The van der Waals surface area contributed by atoms with E-state index in [0.29, 0.717) is 24.5 Å². The third-order valence-corrected chi connectivity index (χ3v) is 6.72. The third kappa shape index (κ3) is 4.44. The minimum absolute atomic E-state index is 0.0976. The van der Waals surface area contributed by atoms with E-state index in [-0.39, 0.29) is 17.7 Å². The summed E-state index contributed by atoms with van der Waals surface area (Å²) in [5.74, 6) is 2.39. The van der Waals surface area contributed by atoms with Crippen molar-refractivity contribution < 1.29 is 19.0 Å². The molecule has 3 aromatic carbocycles. The molecule has 1 aliphatic heterocycles. The first-order valence-corrected chi connectivity index (χ1v) is 11.9. The second-order valence-corrected chi connectivity index (χ2v) is 8.78. The molecule has 1 heterocycles. The highest BCUT2D eigenvalue weighted by Gasteiger charge is 2.36. The largest absolute Gasteiger partial charge is 0.497 e. The number of fused-ring (bicyclic) bond motifs is 1. The smallest absolute Gasteiger partial charge is 0.163 e. The predicted molar refractivity (Wildman–Crippen MR) is 138 cm³/mol. The lowest BCUT2D eigenvalue weighted by Crippen LogP contribution is -2.26. The molecule has 5 rings (SSSR count). The van der Waals surface area contributed by atoms with Crippen LogP contribution in [-0.4, -0.2) is 26.6 Å². The zero-order chi connectivity index (χ0) is 24.4. The number of rotatable bonds is 6. The number of hydrogen-bond acceptors (Lipinski definition) is 6. The van der Waals surface area contributed by atoms with E-state index in [4.69, 9.17) is 14.2 Å². The van der Waals surface area contributed by atoms with Crippen LogP contribution >= 0.6 is 0 Å². The van der Waals surface area contributed by atoms with E-state index < -0.39 is 0 Å². The van der Waals surface area contributed by atoms with Crippen molar-refractivity contribution in [3.63, 3.8) is 0 Å². The standard InChI is InChI=1S/C29H30N2O4/c1-4-35-26-14-11-19(17-27(26)34-3)29-28-24(30-22-7-5-6-8-23(22)31-29)15-20(16-25(28)32)18-9-12-21(33-2)13-10-18/h5-14,17,20,29-31H,4,15-16H2,1-3H3. The molecule has 0 aromatic heterocycles. The minimum atomic E-state index is -0.310. The van der Waals surface area contributed by atoms with Crippen molar-refractivity contribution >= 4 is 17.2 Å². The Balaban J connectivity index is 1.57. The van der Waals surface area contributed by atoms with Gasteiger partial charge in [-0.15, -0.1) is 0 Å². The molecule has 6 heteroatoms. The zero-order valence-electron chi connectivity index (χ0n) is 20.3. The molecule has 1 aliphatic carbocycles. The topological polar surface area (TPSA) is 68.8 Å². The van der Waals surface area contributed by atoms with Gasteiger partial charge >= 0.3 is 0 Å². The minimum Gasteiger partial charge on any atom is -0.497 e. The Labute approximate surface area is 205 Å². The Kier molecular flexibility index (Phi) is 6.36. The lowest BCUT2D eigenvalue weighted by molar-refractivity contribution is -0.116. The monoisotopic (exact) mass is 470 g/mol. The zero-order valence-corrected chi connectivity index (χ0v) is 20.3. The summed E-state index contributed by atoms with van der Waals surface area (Å²) in [5.41, 5.74) is 5.73. The number of Topliss-reactive ketones (excluding diaryl/α,β-unsaturated/α-hetero) is 1. The Hall–Kier alpha value is -3.93. The van der Waals surface area contributed by atoms with Crippen LogP contribution in [-0.2, 0) is 4.79 Å². The average Bonchev–Trinajstić information content (AvgIpc) is 3.06. The Bertz CT molecular complexity index is 1270. The number of hydrogen-bond donors (Lipinski definition) is 2. The Morgan fingerprint density at radius 1 is 0.857 bits per heavy atom. The molecule has 0 saturated heterocycles. The number of allylic oxidation sites excluding steroid dienone is 1. The summed E-state index contributed by atoms with van der Waals surface area (Å²) in [6.07, 6.45) is 1.20. The van der Waals surface area contributed by atoms with Crippen molar-refractivity contribution in [1.29, 1.82) is 0 Å². The molecule has 0 bridgehead atoms. The number of benzene rings is 3. The summed E-state index contributed by atoms with van der Waals surface area (Å²) in [6.45, 7) is 2.50. The molecule has 2 N–H and O–H groups in total. The molecule has 0 amide bonds. The van der Waals surface area contributed by atoms with Gasteiger partial charge < -0.3 is 24.8 Å². The normalized spacial score (nSPS) is 19.0. The quantitative estimate of drug-likeness (QED) is 0.455. The molecule has 6 nitrogen and oxygen atoms in total. The Morgan fingerprint density at radius 2 is 1.60 bits per heavy atom. The summed E-state index contributed by atoms with van der Waals surface area (Å²) in [7, 11) is 3.29. The van der Waals surface area contributed by atoms with Gasteiger partial charge in [-0.05, 0) is 66.8 Å². The summed E-state index contributed by atoms with van der Waals surface area (Å²) in [6, 6.07) is 21.7. The fourth-order valence-corrected chi connectivity index (χ4v) is 4.99. The van der Waals surface area contributed by atoms with E-state index in [1.54, 1.807) is 14.2 Å². The molecular formula is C29H30N2O4. The maximum Gasteiger partial charge on any atom is 0.163 e. The van der Waals surface area contributed by atoms with Crippen LogP contribution in [0.3, 0.4) is 0 Å². The van der Waals surface area contributed by atoms with Crippen LogP contribution < -0.4 is 24.8 Å². The number of ether oxygens (including phenoxy) is 3. The van der Waals surface area contributed by atoms with Gasteiger partial charge in [0.2, 0.25) is 0 Å². The van der Waals surface area contributed by atoms with E-state index in [9.17, 15) is 4.79 Å². The van der Waals surface area contributed by atoms with Crippen LogP contribution in [0, 0.1) is 0 Å². The first-order chi connectivity index (χ1) is 17.1. The molecule has 2 unspecified atom stereocenters. The molecule has 35 heavy (non-hydrogen) atoms. The maximum absolute atomic E-state index is 13.7. The molecule has 2 aliphatic rings. The van der Waals surface area contributed by atoms with Gasteiger partial charge in [0.05, 0.1) is 38.2 Å². The fraction of sp³-hybridized carbons (Fsp3) is 0.276. The van der Waals surface area contributed by atoms with Gasteiger partial charge in [0.25, 0.3) is 0 Å². The van der Waals surface area contributed by atoms with Crippen LogP contribution in [0.2, 0.25) is 0 Å². The van der Waals surface area contributed by atoms with E-state index in [0.717, 1.165) is 45.9 Å². The first-order valence-electron chi connectivity index (χ1n) is 11.9. The van der Waals surface area contributed by atoms with Gasteiger partial charge in [0.1, 0.15) is 5.75 Å². The van der Waals surface area contributed by atoms with Crippen LogP contribution in [0.1, 0.15) is 42.9 Å². The first kappa shape index (κ1) is 22.8. The maximum atomic E-state index is 13.7. The third-order valence-electron chi connectivity index (χ3n) is 6.72. The molecule has 0 saturated carbocycles. The summed E-state index contributed by atoms with van der Waals surface area (Å²) in [4.78, 5) is 13.7. The highest BCUT2D eigenvalue weighted by molar-refractivity contribution is 6.01. The number of nitrogens with one attached hydrogen (secondary N) is 2. The Morgan fingerprint density at radius 3 is 2.31 bits per heavy atom. The van der Waals surface area contributed by atoms with Gasteiger partial charge in [-0.1, -0.05) is 30.3 Å². The van der Waals surface area contributed by atoms with Gasteiger partial charge in [-0.2, -0.15) is 0 Å². The van der Waals surface area contributed by atoms with E-state index >= 15 is 0 Å². The number of carbonyl (C=O) groups is 1. The fourth-order valence-electron chi connectivity index (χ4n) is 4.99. The predicted octanol–water partition coefficient (Wildman–Crippen LogP) is 6.08. The van der Waals surface area contributed by atoms with Crippen molar-refractivity contribution in [1.82, 2.24) is 0 Å². The summed E-state index contributed by atoms with van der Waals surface area (Å²) < 4.78 is 16.6.